The highest BCUT2D eigenvalue weighted by Crippen LogP contribution is 2.25. The summed E-state index contributed by atoms with van der Waals surface area (Å²) in [5, 5.41) is 0. The summed E-state index contributed by atoms with van der Waals surface area (Å²) < 4.78 is 5.01. The fraction of sp³-hybridized carbons (Fsp3) is 0.118. The molecule has 0 aliphatic carbocycles. The van der Waals surface area contributed by atoms with E-state index in [1.807, 2.05) is 54.6 Å². The lowest BCUT2D eigenvalue weighted by atomic mass is 9.98. The fourth-order valence-corrected chi connectivity index (χ4v) is 2.18. The van der Waals surface area contributed by atoms with Crippen molar-refractivity contribution in [1.82, 2.24) is 0 Å². The van der Waals surface area contributed by atoms with E-state index in [-0.39, 0.29) is 12.6 Å². The summed E-state index contributed by atoms with van der Waals surface area (Å²) in [6.07, 6.45) is 0. The van der Waals surface area contributed by atoms with Crippen LogP contribution in [0.25, 0.3) is 5.57 Å². The number of carbonyl (C=O) groups is 1. The van der Waals surface area contributed by atoms with Gasteiger partial charge in [-0.15, -0.1) is 0 Å². The van der Waals surface area contributed by atoms with Gasteiger partial charge in [-0.1, -0.05) is 60.1 Å². The molecule has 0 N–H and O–H groups in total. The first-order chi connectivity index (χ1) is 9.70. The van der Waals surface area contributed by atoms with Crippen molar-refractivity contribution in [1.29, 1.82) is 0 Å². The molecule has 0 spiro atoms. The second-order valence-corrected chi connectivity index (χ2v) is 4.59. The highest BCUT2D eigenvalue weighted by molar-refractivity contribution is 6.29. The van der Waals surface area contributed by atoms with Crippen molar-refractivity contribution in [3.8, 4) is 0 Å². The van der Waals surface area contributed by atoms with Crippen molar-refractivity contribution < 1.29 is 9.53 Å². The summed E-state index contributed by atoms with van der Waals surface area (Å²) in [5.41, 5.74) is 5.49. The van der Waals surface area contributed by atoms with Crippen molar-refractivity contribution in [3.05, 3.63) is 76.8 Å². The average molecular weight is 287 g/mol. The first-order valence-corrected chi connectivity index (χ1v) is 6.73. The second-order valence-electron chi connectivity index (χ2n) is 4.37. The van der Waals surface area contributed by atoms with E-state index in [4.69, 9.17) is 16.3 Å². The van der Waals surface area contributed by atoms with E-state index in [1.165, 1.54) is 6.92 Å². The topological polar surface area (TPSA) is 26.3 Å². The molecule has 0 aliphatic rings. The van der Waals surface area contributed by atoms with Crippen LogP contribution < -0.4 is 0 Å². The van der Waals surface area contributed by atoms with Gasteiger partial charge in [0, 0.05) is 18.0 Å². The summed E-state index contributed by atoms with van der Waals surface area (Å²) >= 11 is 5.97. The Bertz CT molecular complexity index is 618. The van der Waals surface area contributed by atoms with Crippen LogP contribution in [-0.2, 0) is 16.1 Å². The highest BCUT2D eigenvalue weighted by Gasteiger charge is 2.05. The van der Waals surface area contributed by atoms with Gasteiger partial charge in [-0.25, -0.2) is 0 Å². The molecule has 0 fully saturated rings. The predicted molar refractivity (Wildman–Crippen MR) is 81.3 cm³/mol. The quantitative estimate of drug-likeness (QED) is 0.780. The van der Waals surface area contributed by atoms with Gasteiger partial charge in [-0.05, 0) is 22.8 Å². The van der Waals surface area contributed by atoms with Gasteiger partial charge < -0.3 is 4.74 Å². The van der Waals surface area contributed by atoms with E-state index in [0.29, 0.717) is 0 Å². The highest BCUT2D eigenvalue weighted by atomic mass is 35.5. The van der Waals surface area contributed by atoms with Gasteiger partial charge >= 0.3 is 5.97 Å². The molecular weight excluding hydrogens is 272 g/mol. The van der Waals surface area contributed by atoms with Crippen molar-refractivity contribution in [2.24, 2.45) is 0 Å². The van der Waals surface area contributed by atoms with Gasteiger partial charge in [0.25, 0.3) is 0 Å². The lowest BCUT2D eigenvalue weighted by Gasteiger charge is -2.09. The molecule has 0 aliphatic heterocycles. The Labute approximate surface area is 123 Å². The number of benzene rings is 2. The molecule has 3 heteroatoms. The number of hydrogen-bond acceptors (Lipinski definition) is 2. The Hall–Kier alpha value is -2.06. The summed E-state index contributed by atoms with van der Waals surface area (Å²) in [7, 11) is 0. The maximum absolute atomic E-state index is 10.9. The lowest BCUT2D eigenvalue weighted by Crippen LogP contribution is -1.99. The third-order valence-corrected chi connectivity index (χ3v) is 3.09. The summed E-state index contributed by atoms with van der Waals surface area (Å²) in [4.78, 5) is 10.9. The van der Waals surface area contributed by atoms with E-state index < -0.39 is 0 Å². The molecule has 0 saturated heterocycles. The van der Waals surface area contributed by atoms with Gasteiger partial charge in [0.1, 0.15) is 6.61 Å². The minimum atomic E-state index is -0.286. The minimum Gasteiger partial charge on any atom is -0.461 e. The predicted octanol–water partition coefficient (Wildman–Crippen LogP) is 4.38. The Morgan fingerprint density at radius 1 is 1.10 bits per heavy atom. The Morgan fingerprint density at radius 3 is 2.45 bits per heavy atom. The van der Waals surface area contributed by atoms with Crippen molar-refractivity contribution >= 4 is 23.1 Å². The molecule has 0 bridgehead atoms. The monoisotopic (exact) mass is 286 g/mol. The number of halogens is 1. The number of esters is 1. The van der Waals surface area contributed by atoms with Crippen molar-refractivity contribution in [2.75, 3.05) is 0 Å². The maximum atomic E-state index is 10.9. The fourth-order valence-electron chi connectivity index (χ4n) is 1.92. The molecule has 20 heavy (non-hydrogen) atoms. The van der Waals surface area contributed by atoms with E-state index in [0.717, 1.165) is 22.3 Å². The number of rotatable bonds is 4. The van der Waals surface area contributed by atoms with Crippen LogP contribution in [0.4, 0.5) is 0 Å². The van der Waals surface area contributed by atoms with Crippen molar-refractivity contribution in [2.45, 2.75) is 13.5 Å². The minimum absolute atomic E-state index is 0.271. The van der Waals surface area contributed by atoms with Gasteiger partial charge in [0.05, 0.1) is 0 Å². The number of ether oxygens (including phenoxy) is 1. The Kier molecular flexibility index (Phi) is 4.97. The van der Waals surface area contributed by atoms with E-state index in [1.54, 1.807) is 5.54 Å². The standard InChI is InChI=1S/C17H15ClO2/c1-13(19)20-12-14-6-5-9-16(10-14)17(11-18)15-7-3-2-4-8-15/h2-11H,12H2,1H3/b17-11-. The SMILES string of the molecule is CC(=O)OCc1cccc(/C(=C\Cl)c2ccccc2)c1. The summed E-state index contributed by atoms with van der Waals surface area (Å²) in [6, 6.07) is 17.7. The largest absolute Gasteiger partial charge is 0.461 e. The van der Waals surface area contributed by atoms with E-state index in [9.17, 15) is 4.79 Å². The lowest BCUT2D eigenvalue weighted by molar-refractivity contribution is -0.142. The van der Waals surface area contributed by atoms with Crippen LogP contribution in [0.5, 0.6) is 0 Å². The van der Waals surface area contributed by atoms with Crippen LogP contribution in [0.3, 0.4) is 0 Å². The molecule has 102 valence electrons. The molecular formula is C17H15ClO2. The van der Waals surface area contributed by atoms with Crippen LogP contribution >= 0.6 is 11.6 Å². The van der Waals surface area contributed by atoms with E-state index >= 15 is 0 Å². The molecule has 0 unspecified atom stereocenters. The molecule has 2 rings (SSSR count). The first kappa shape index (κ1) is 14.4. The molecule has 2 aromatic rings. The Morgan fingerprint density at radius 2 is 1.80 bits per heavy atom. The molecule has 0 atom stereocenters. The summed E-state index contributed by atoms with van der Waals surface area (Å²) in [6.45, 7) is 1.67. The first-order valence-electron chi connectivity index (χ1n) is 6.29. The van der Waals surface area contributed by atoms with Crippen LogP contribution in [0.1, 0.15) is 23.6 Å². The molecule has 0 heterocycles. The number of hydrogen-bond donors (Lipinski definition) is 0. The Balaban J connectivity index is 2.27. The van der Waals surface area contributed by atoms with Crippen LogP contribution in [0.15, 0.2) is 60.1 Å². The zero-order valence-corrected chi connectivity index (χ0v) is 11.9. The van der Waals surface area contributed by atoms with Gasteiger partial charge in [0.15, 0.2) is 0 Å². The molecule has 0 saturated carbocycles. The zero-order valence-electron chi connectivity index (χ0n) is 11.2. The maximum Gasteiger partial charge on any atom is 0.302 e. The number of carbonyl (C=O) groups excluding carboxylic acids is 1. The molecule has 0 radical (unpaired) electrons. The van der Waals surface area contributed by atoms with E-state index in [2.05, 4.69) is 0 Å². The average Bonchev–Trinajstić information content (AvgIpc) is 2.47. The second kappa shape index (κ2) is 6.92. The smallest absolute Gasteiger partial charge is 0.302 e. The van der Waals surface area contributed by atoms with Crippen LogP contribution in [0, 0.1) is 0 Å². The van der Waals surface area contributed by atoms with Crippen molar-refractivity contribution in [3.63, 3.8) is 0 Å². The van der Waals surface area contributed by atoms with Gasteiger partial charge in [-0.3, -0.25) is 4.79 Å². The van der Waals surface area contributed by atoms with Gasteiger partial charge in [0.2, 0.25) is 0 Å². The summed E-state index contributed by atoms with van der Waals surface area (Å²) in [5.74, 6) is -0.286. The molecule has 2 nitrogen and oxygen atoms in total. The zero-order chi connectivity index (χ0) is 14.4. The third kappa shape index (κ3) is 3.72. The molecule has 0 aromatic heterocycles. The third-order valence-electron chi connectivity index (χ3n) is 2.87. The molecule has 0 amide bonds. The molecule has 2 aromatic carbocycles. The van der Waals surface area contributed by atoms with Crippen LogP contribution in [-0.4, -0.2) is 5.97 Å². The van der Waals surface area contributed by atoms with Crippen LogP contribution in [0.2, 0.25) is 0 Å². The normalized spacial score (nSPS) is 11.2. The van der Waals surface area contributed by atoms with Gasteiger partial charge in [-0.2, -0.15) is 0 Å².